The molecule has 0 unspecified atom stereocenters. The lowest BCUT2D eigenvalue weighted by atomic mass is 9.81. The van der Waals surface area contributed by atoms with Gasteiger partial charge in [-0.25, -0.2) is 0 Å². The molecule has 0 aromatic heterocycles. The van der Waals surface area contributed by atoms with Gasteiger partial charge in [0.15, 0.2) is 0 Å². The molecule has 0 saturated carbocycles. The lowest BCUT2D eigenvalue weighted by molar-refractivity contribution is -0.139. The first-order valence-electron chi connectivity index (χ1n) is 9.86. The Morgan fingerprint density at radius 2 is 2.04 bits per heavy atom. The second-order valence-corrected chi connectivity index (χ2v) is 8.89. The monoisotopic (exact) mass is 436 g/mol. The molecule has 2 aliphatic heterocycles. The number of amides is 2. The number of piperidine rings is 1. The van der Waals surface area contributed by atoms with Crippen LogP contribution in [0, 0.1) is 11.8 Å². The van der Waals surface area contributed by atoms with Crippen LogP contribution in [0.15, 0.2) is 28.7 Å². The Labute approximate surface area is 170 Å². The number of benzene rings is 1. The van der Waals surface area contributed by atoms with Crippen molar-refractivity contribution < 1.29 is 14.3 Å². The fourth-order valence-electron chi connectivity index (χ4n) is 4.09. The van der Waals surface area contributed by atoms with Gasteiger partial charge < -0.3 is 15.0 Å². The predicted molar refractivity (Wildman–Crippen MR) is 108 cm³/mol. The van der Waals surface area contributed by atoms with Crippen molar-refractivity contribution in [2.24, 2.45) is 11.8 Å². The standard InChI is InChI=1S/C21H29BrN2O3/c1-15(2)20(26)24-10-4-5-16(14-24)19(25)23-21(8-11-27-12-9-21)17-6-3-7-18(22)13-17/h3,6-7,13,15-16H,4-5,8-12,14H2,1-2H3,(H,23,25)/t16-/m0/s1. The molecular formula is C21H29BrN2O3. The zero-order valence-electron chi connectivity index (χ0n) is 16.2. The van der Waals surface area contributed by atoms with Crippen LogP contribution >= 0.6 is 15.9 Å². The van der Waals surface area contributed by atoms with Crippen LogP contribution < -0.4 is 5.32 Å². The third-order valence-corrected chi connectivity index (χ3v) is 6.18. The largest absolute Gasteiger partial charge is 0.381 e. The van der Waals surface area contributed by atoms with E-state index in [0.717, 1.165) is 42.3 Å². The zero-order valence-corrected chi connectivity index (χ0v) is 17.8. The number of hydrogen-bond donors (Lipinski definition) is 1. The Morgan fingerprint density at radius 3 is 2.70 bits per heavy atom. The smallest absolute Gasteiger partial charge is 0.225 e. The third-order valence-electron chi connectivity index (χ3n) is 5.68. The fourth-order valence-corrected chi connectivity index (χ4v) is 4.49. The van der Waals surface area contributed by atoms with Crippen LogP contribution in [-0.4, -0.2) is 43.0 Å². The minimum atomic E-state index is -0.399. The van der Waals surface area contributed by atoms with E-state index in [9.17, 15) is 9.59 Å². The first-order chi connectivity index (χ1) is 12.9. The van der Waals surface area contributed by atoms with Crippen molar-refractivity contribution in [3.05, 3.63) is 34.3 Å². The van der Waals surface area contributed by atoms with E-state index in [1.54, 1.807) is 0 Å². The Bertz CT molecular complexity index is 686. The Hall–Kier alpha value is -1.40. The highest BCUT2D eigenvalue weighted by Crippen LogP contribution is 2.34. The summed E-state index contributed by atoms with van der Waals surface area (Å²) in [5, 5.41) is 3.36. The van der Waals surface area contributed by atoms with Crippen LogP contribution in [0.25, 0.3) is 0 Å². The van der Waals surface area contributed by atoms with Gasteiger partial charge in [0.05, 0.1) is 11.5 Å². The highest BCUT2D eigenvalue weighted by Gasteiger charge is 2.39. The summed E-state index contributed by atoms with van der Waals surface area (Å²) in [4.78, 5) is 27.4. The van der Waals surface area contributed by atoms with E-state index in [2.05, 4.69) is 33.4 Å². The minimum absolute atomic E-state index is 0.0321. The van der Waals surface area contributed by atoms with Crippen LogP contribution in [0.5, 0.6) is 0 Å². The van der Waals surface area contributed by atoms with E-state index in [0.29, 0.717) is 19.8 Å². The lowest BCUT2D eigenvalue weighted by Crippen LogP contribution is -2.54. The molecule has 2 heterocycles. The van der Waals surface area contributed by atoms with E-state index in [4.69, 9.17) is 4.74 Å². The summed E-state index contributed by atoms with van der Waals surface area (Å²) in [6, 6.07) is 8.16. The molecule has 5 nitrogen and oxygen atoms in total. The summed E-state index contributed by atoms with van der Waals surface area (Å²) in [5.74, 6) is 0.0158. The SMILES string of the molecule is CC(C)C(=O)N1CCC[C@H](C(=O)NC2(c3cccc(Br)c3)CCOCC2)C1. The van der Waals surface area contributed by atoms with Crippen molar-refractivity contribution in [1.82, 2.24) is 10.2 Å². The van der Waals surface area contributed by atoms with Gasteiger partial charge in [-0.15, -0.1) is 0 Å². The molecule has 148 valence electrons. The first-order valence-corrected chi connectivity index (χ1v) is 10.7. The van der Waals surface area contributed by atoms with Crippen molar-refractivity contribution in [3.8, 4) is 0 Å². The summed E-state index contributed by atoms with van der Waals surface area (Å²) in [6.07, 6.45) is 3.23. The van der Waals surface area contributed by atoms with E-state index >= 15 is 0 Å². The van der Waals surface area contributed by atoms with Gasteiger partial charge >= 0.3 is 0 Å². The average Bonchev–Trinajstić information content (AvgIpc) is 2.68. The lowest BCUT2D eigenvalue weighted by Gasteiger charge is -2.41. The number of nitrogens with one attached hydrogen (secondary N) is 1. The number of likely N-dealkylation sites (tertiary alicyclic amines) is 1. The zero-order chi connectivity index (χ0) is 19.4. The van der Waals surface area contributed by atoms with E-state index in [-0.39, 0.29) is 23.7 Å². The molecule has 0 aliphatic carbocycles. The number of ether oxygens (including phenoxy) is 1. The molecule has 6 heteroatoms. The van der Waals surface area contributed by atoms with Crippen LogP contribution in [-0.2, 0) is 19.9 Å². The summed E-state index contributed by atoms with van der Waals surface area (Å²) in [6.45, 7) is 6.37. The van der Waals surface area contributed by atoms with Gasteiger partial charge in [0.1, 0.15) is 0 Å². The maximum absolute atomic E-state index is 13.2. The molecule has 2 saturated heterocycles. The Morgan fingerprint density at radius 1 is 1.30 bits per heavy atom. The molecule has 1 N–H and O–H groups in total. The van der Waals surface area contributed by atoms with Gasteiger partial charge in [-0.05, 0) is 43.4 Å². The summed E-state index contributed by atoms with van der Waals surface area (Å²) >= 11 is 3.54. The van der Waals surface area contributed by atoms with Gasteiger partial charge in [0, 0.05) is 36.7 Å². The molecule has 1 atom stereocenters. The van der Waals surface area contributed by atoms with Crippen LogP contribution in [0.2, 0.25) is 0 Å². The van der Waals surface area contributed by atoms with Gasteiger partial charge in [-0.3, -0.25) is 9.59 Å². The molecule has 2 aliphatic rings. The van der Waals surface area contributed by atoms with Crippen molar-refractivity contribution in [2.45, 2.75) is 45.1 Å². The number of nitrogens with zero attached hydrogens (tertiary/aromatic N) is 1. The van der Waals surface area contributed by atoms with E-state index in [1.807, 2.05) is 30.9 Å². The topological polar surface area (TPSA) is 58.6 Å². The third kappa shape index (κ3) is 4.72. The predicted octanol–water partition coefficient (Wildman–Crippen LogP) is 3.47. The highest BCUT2D eigenvalue weighted by molar-refractivity contribution is 9.10. The highest BCUT2D eigenvalue weighted by atomic mass is 79.9. The van der Waals surface area contributed by atoms with Crippen molar-refractivity contribution in [1.29, 1.82) is 0 Å². The molecule has 2 fully saturated rings. The fraction of sp³-hybridized carbons (Fsp3) is 0.619. The van der Waals surface area contributed by atoms with Crippen molar-refractivity contribution in [3.63, 3.8) is 0 Å². The van der Waals surface area contributed by atoms with Gasteiger partial charge in [-0.2, -0.15) is 0 Å². The number of rotatable bonds is 4. The maximum atomic E-state index is 13.2. The first kappa shape index (κ1) is 20.3. The quantitative estimate of drug-likeness (QED) is 0.785. The normalized spacial score (nSPS) is 22.5. The molecule has 0 bridgehead atoms. The maximum Gasteiger partial charge on any atom is 0.225 e. The molecule has 2 amide bonds. The van der Waals surface area contributed by atoms with Crippen LogP contribution in [0.3, 0.4) is 0 Å². The summed E-state index contributed by atoms with van der Waals surface area (Å²) in [7, 11) is 0. The molecule has 1 aromatic carbocycles. The Balaban J connectivity index is 1.76. The molecule has 3 rings (SSSR count). The molecule has 0 spiro atoms. The molecule has 0 radical (unpaired) electrons. The number of hydrogen-bond acceptors (Lipinski definition) is 3. The minimum Gasteiger partial charge on any atom is -0.381 e. The molecule has 27 heavy (non-hydrogen) atoms. The van der Waals surface area contributed by atoms with Gasteiger partial charge in [0.2, 0.25) is 11.8 Å². The average molecular weight is 437 g/mol. The van der Waals surface area contributed by atoms with E-state index < -0.39 is 5.54 Å². The van der Waals surface area contributed by atoms with Crippen LogP contribution in [0.1, 0.15) is 45.1 Å². The second kappa shape index (κ2) is 8.74. The van der Waals surface area contributed by atoms with Gasteiger partial charge in [-0.1, -0.05) is 41.9 Å². The molecular weight excluding hydrogens is 408 g/mol. The number of carbonyl (C=O) groups excluding carboxylic acids is 2. The second-order valence-electron chi connectivity index (χ2n) is 7.97. The number of halogens is 1. The van der Waals surface area contributed by atoms with Crippen molar-refractivity contribution >= 4 is 27.7 Å². The van der Waals surface area contributed by atoms with Crippen LogP contribution in [0.4, 0.5) is 0 Å². The van der Waals surface area contributed by atoms with E-state index in [1.165, 1.54) is 0 Å². The number of carbonyl (C=O) groups is 2. The summed E-state index contributed by atoms with van der Waals surface area (Å²) < 4.78 is 6.57. The summed E-state index contributed by atoms with van der Waals surface area (Å²) in [5.41, 5.74) is 0.711. The molecule has 1 aromatic rings. The van der Waals surface area contributed by atoms with Gasteiger partial charge in [0.25, 0.3) is 0 Å². The van der Waals surface area contributed by atoms with Crippen molar-refractivity contribution in [2.75, 3.05) is 26.3 Å². The Kier molecular flexibility index (Phi) is 6.58.